The molecule has 5 rings (SSSR count). The van der Waals surface area contributed by atoms with E-state index in [0.717, 1.165) is 66.6 Å². The van der Waals surface area contributed by atoms with Gasteiger partial charge in [0.25, 0.3) is 5.91 Å². The Bertz CT molecular complexity index is 1370. The van der Waals surface area contributed by atoms with Gasteiger partial charge in [-0.25, -0.2) is 0 Å². The van der Waals surface area contributed by atoms with Gasteiger partial charge in [-0.2, -0.15) is 5.10 Å². The summed E-state index contributed by atoms with van der Waals surface area (Å²) in [5.41, 5.74) is 4.28. The van der Waals surface area contributed by atoms with E-state index in [-0.39, 0.29) is 11.7 Å². The standard InChI is InChI=1S/C28H32N6O3/c1-20-24(27(35)4-3-15-37-2)9-10-26-25(20)17-34(31-26)16-21-11-13-32(14-12-21)28(36)22-5-7-23(8-6-22)33-18-29-30-19-33/h5-10,17-19,21H,3-4,11-16H2,1-2H3. The van der Waals surface area contributed by atoms with Crippen molar-refractivity contribution in [2.75, 3.05) is 26.8 Å². The molecule has 0 aliphatic carbocycles. The molecule has 0 saturated carbocycles. The zero-order valence-corrected chi connectivity index (χ0v) is 21.3. The second kappa shape index (κ2) is 11.0. The third-order valence-corrected chi connectivity index (χ3v) is 7.24. The van der Waals surface area contributed by atoms with Crippen LogP contribution in [0.15, 0.2) is 55.2 Å². The lowest BCUT2D eigenvalue weighted by Crippen LogP contribution is -2.39. The third-order valence-electron chi connectivity index (χ3n) is 7.24. The molecule has 2 aromatic carbocycles. The Morgan fingerprint density at radius 1 is 1.03 bits per heavy atom. The lowest BCUT2D eigenvalue weighted by Gasteiger charge is -2.32. The van der Waals surface area contributed by atoms with Crippen molar-refractivity contribution in [1.29, 1.82) is 0 Å². The lowest BCUT2D eigenvalue weighted by molar-refractivity contribution is 0.0681. The van der Waals surface area contributed by atoms with Crippen LogP contribution in [-0.4, -0.2) is 67.9 Å². The normalized spacial score (nSPS) is 14.4. The van der Waals surface area contributed by atoms with Crippen LogP contribution in [0.2, 0.25) is 0 Å². The highest BCUT2D eigenvalue weighted by molar-refractivity contribution is 6.01. The van der Waals surface area contributed by atoms with Gasteiger partial charge in [0.05, 0.1) is 5.52 Å². The second-order valence-electron chi connectivity index (χ2n) is 9.69. The molecule has 0 atom stereocenters. The first kappa shape index (κ1) is 24.8. The summed E-state index contributed by atoms with van der Waals surface area (Å²) in [4.78, 5) is 27.6. The smallest absolute Gasteiger partial charge is 0.253 e. The predicted molar refractivity (Wildman–Crippen MR) is 140 cm³/mol. The summed E-state index contributed by atoms with van der Waals surface area (Å²) in [6.45, 7) is 4.86. The van der Waals surface area contributed by atoms with Gasteiger partial charge in [-0.15, -0.1) is 10.2 Å². The van der Waals surface area contributed by atoms with Crippen molar-refractivity contribution in [1.82, 2.24) is 29.4 Å². The van der Waals surface area contributed by atoms with E-state index in [2.05, 4.69) is 16.4 Å². The number of fused-ring (bicyclic) bond motifs is 1. The van der Waals surface area contributed by atoms with Crippen LogP contribution in [0.4, 0.5) is 0 Å². The highest BCUT2D eigenvalue weighted by Crippen LogP contribution is 2.25. The van der Waals surface area contributed by atoms with Crippen LogP contribution in [0.1, 0.15) is 52.0 Å². The lowest BCUT2D eigenvalue weighted by atomic mass is 9.96. The quantitative estimate of drug-likeness (QED) is 0.254. The highest BCUT2D eigenvalue weighted by atomic mass is 16.5. The maximum Gasteiger partial charge on any atom is 0.253 e. The predicted octanol–water partition coefficient (Wildman–Crippen LogP) is 4.09. The number of nitrogens with zero attached hydrogens (tertiary/aromatic N) is 6. The number of Topliss-reactive ketones (excluding diaryl/α,β-unsaturated/α-hetero) is 1. The molecule has 0 bridgehead atoms. The molecule has 0 N–H and O–H groups in total. The first-order valence-electron chi connectivity index (χ1n) is 12.8. The Hall–Kier alpha value is -3.85. The first-order chi connectivity index (χ1) is 18.0. The molecule has 9 heteroatoms. The number of carbonyl (C=O) groups is 2. The van der Waals surface area contributed by atoms with E-state index in [1.165, 1.54) is 0 Å². The SMILES string of the molecule is COCCCC(=O)c1ccc2nn(CC3CCN(C(=O)c4ccc(-n5cnnc5)cc4)CC3)cc2c1C. The van der Waals surface area contributed by atoms with E-state index >= 15 is 0 Å². The number of methoxy groups -OCH3 is 1. The molecular formula is C28H32N6O3. The van der Waals surface area contributed by atoms with E-state index in [9.17, 15) is 9.59 Å². The summed E-state index contributed by atoms with van der Waals surface area (Å²) in [5.74, 6) is 0.663. The van der Waals surface area contributed by atoms with Gasteiger partial charge in [0.2, 0.25) is 0 Å². The maximum atomic E-state index is 13.0. The molecule has 192 valence electrons. The molecule has 37 heavy (non-hydrogen) atoms. The van der Waals surface area contributed by atoms with Crippen molar-refractivity contribution in [3.8, 4) is 5.69 Å². The number of rotatable bonds is 9. The van der Waals surface area contributed by atoms with Gasteiger partial charge in [-0.05, 0) is 74.1 Å². The minimum atomic E-state index is 0.0666. The van der Waals surface area contributed by atoms with Crippen LogP contribution in [0.25, 0.3) is 16.6 Å². The maximum absolute atomic E-state index is 13.0. The number of hydrogen-bond acceptors (Lipinski definition) is 6. The molecule has 0 radical (unpaired) electrons. The summed E-state index contributed by atoms with van der Waals surface area (Å²) in [7, 11) is 1.65. The fourth-order valence-corrected chi connectivity index (χ4v) is 5.06. The number of benzene rings is 2. The Labute approximate surface area is 216 Å². The molecule has 9 nitrogen and oxygen atoms in total. The molecule has 0 unspecified atom stereocenters. The molecule has 3 heterocycles. The Kier molecular flexibility index (Phi) is 7.41. The van der Waals surface area contributed by atoms with E-state index in [0.29, 0.717) is 24.5 Å². The van der Waals surface area contributed by atoms with Gasteiger partial charge in [0.1, 0.15) is 12.7 Å². The van der Waals surface area contributed by atoms with Crippen LogP contribution >= 0.6 is 0 Å². The van der Waals surface area contributed by atoms with E-state index in [1.807, 2.05) is 57.5 Å². The number of ether oxygens (including phenoxy) is 1. The summed E-state index contributed by atoms with van der Waals surface area (Å²) in [6, 6.07) is 11.4. The minimum Gasteiger partial charge on any atom is -0.385 e. The molecule has 1 saturated heterocycles. The van der Waals surface area contributed by atoms with Crippen molar-refractivity contribution in [2.45, 2.75) is 39.2 Å². The number of ketones is 1. The van der Waals surface area contributed by atoms with Crippen molar-refractivity contribution in [2.24, 2.45) is 5.92 Å². The van der Waals surface area contributed by atoms with Crippen LogP contribution in [-0.2, 0) is 11.3 Å². The Balaban J connectivity index is 1.18. The number of carbonyl (C=O) groups excluding carboxylic acids is 2. The van der Waals surface area contributed by atoms with Crippen LogP contribution in [0.5, 0.6) is 0 Å². The highest BCUT2D eigenvalue weighted by Gasteiger charge is 2.24. The fraction of sp³-hybridized carbons (Fsp3) is 0.393. The molecule has 2 aromatic heterocycles. The van der Waals surface area contributed by atoms with Crippen LogP contribution in [0.3, 0.4) is 0 Å². The molecule has 1 fully saturated rings. The number of amides is 1. The average Bonchev–Trinajstić information content (AvgIpc) is 3.60. The average molecular weight is 501 g/mol. The van der Waals surface area contributed by atoms with Crippen molar-refractivity contribution >= 4 is 22.6 Å². The molecule has 1 aliphatic heterocycles. The summed E-state index contributed by atoms with van der Waals surface area (Å²) >= 11 is 0. The topological polar surface area (TPSA) is 95.1 Å². The van der Waals surface area contributed by atoms with E-state index in [4.69, 9.17) is 9.84 Å². The molecular weight excluding hydrogens is 468 g/mol. The summed E-state index contributed by atoms with van der Waals surface area (Å²) < 4.78 is 8.88. The van der Waals surface area contributed by atoms with Crippen LogP contribution < -0.4 is 0 Å². The van der Waals surface area contributed by atoms with Gasteiger partial charge in [-0.3, -0.25) is 18.8 Å². The van der Waals surface area contributed by atoms with Gasteiger partial charge in [0, 0.05) is 68.2 Å². The monoisotopic (exact) mass is 500 g/mol. The van der Waals surface area contributed by atoms with Crippen LogP contribution in [0, 0.1) is 12.8 Å². The first-order valence-corrected chi connectivity index (χ1v) is 12.8. The Morgan fingerprint density at radius 2 is 1.76 bits per heavy atom. The van der Waals surface area contributed by atoms with E-state index < -0.39 is 0 Å². The van der Waals surface area contributed by atoms with Gasteiger partial charge in [-0.1, -0.05) is 0 Å². The van der Waals surface area contributed by atoms with Gasteiger partial charge in [0.15, 0.2) is 5.78 Å². The van der Waals surface area contributed by atoms with Crippen molar-refractivity contribution in [3.05, 3.63) is 71.9 Å². The summed E-state index contributed by atoms with van der Waals surface area (Å²) in [5, 5.41) is 13.4. The zero-order chi connectivity index (χ0) is 25.8. The number of piperidine rings is 1. The number of aromatic nitrogens is 5. The molecule has 1 amide bonds. The number of hydrogen-bond donors (Lipinski definition) is 0. The fourth-order valence-electron chi connectivity index (χ4n) is 5.06. The van der Waals surface area contributed by atoms with Gasteiger partial charge >= 0.3 is 0 Å². The number of aryl methyl sites for hydroxylation is 1. The second-order valence-corrected chi connectivity index (χ2v) is 9.69. The summed E-state index contributed by atoms with van der Waals surface area (Å²) in [6.07, 6.45) is 8.40. The van der Waals surface area contributed by atoms with Crippen molar-refractivity contribution in [3.63, 3.8) is 0 Å². The zero-order valence-electron chi connectivity index (χ0n) is 21.3. The Morgan fingerprint density at radius 3 is 2.46 bits per heavy atom. The molecule has 4 aromatic rings. The third kappa shape index (κ3) is 5.46. The van der Waals surface area contributed by atoms with Crippen molar-refractivity contribution < 1.29 is 14.3 Å². The largest absolute Gasteiger partial charge is 0.385 e. The minimum absolute atomic E-state index is 0.0666. The molecule has 0 spiro atoms. The molecule has 1 aliphatic rings. The van der Waals surface area contributed by atoms with E-state index in [1.54, 1.807) is 19.8 Å². The number of likely N-dealkylation sites (tertiary alicyclic amines) is 1. The van der Waals surface area contributed by atoms with Gasteiger partial charge < -0.3 is 9.64 Å².